The molecular formula is C42H45F3N2O9SSi. The number of hydrogen-bond acceptors (Lipinski definition) is 9. The van der Waals surface area contributed by atoms with Gasteiger partial charge >= 0.3 is 21.3 Å². The summed E-state index contributed by atoms with van der Waals surface area (Å²) in [6, 6.07) is 36.9. The van der Waals surface area contributed by atoms with Crippen molar-refractivity contribution >= 4 is 28.8 Å². The fourth-order valence-electron chi connectivity index (χ4n) is 7.30. The van der Waals surface area contributed by atoms with E-state index in [1.54, 1.807) is 30.3 Å². The summed E-state index contributed by atoms with van der Waals surface area (Å²) in [6.07, 6.45) is -4.71. The summed E-state index contributed by atoms with van der Waals surface area (Å²) >= 11 is 0. The Kier molecular flexibility index (Phi) is 12.8. The van der Waals surface area contributed by atoms with Crippen molar-refractivity contribution in [1.82, 2.24) is 9.55 Å². The molecule has 4 atom stereocenters. The zero-order valence-corrected chi connectivity index (χ0v) is 34.2. The minimum absolute atomic E-state index is 0.00528. The number of nitrogens with one attached hydrogen (secondary N) is 1. The molecule has 6 rings (SSSR count). The molecule has 1 N–H and O–H groups in total. The first-order chi connectivity index (χ1) is 27.5. The molecule has 2 heterocycles. The van der Waals surface area contributed by atoms with Crippen molar-refractivity contribution in [3.05, 3.63) is 165 Å². The molecule has 0 amide bonds. The molecule has 1 saturated heterocycles. The maximum Gasteiger partial charge on any atom is 0.523 e. The van der Waals surface area contributed by atoms with E-state index in [9.17, 15) is 31.2 Å². The molecule has 0 aliphatic carbocycles. The molecular weight excluding hydrogens is 794 g/mol. The van der Waals surface area contributed by atoms with Crippen LogP contribution in [0.5, 0.6) is 0 Å². The molecule has 0 unspecified atom stereocenters. The van der Waals surface area contributed by atoms with Gasteiger partial charge in [-0.25, -0.2) is 4.79 Å². The smallest absolute Gasteiger partial charge is 0.404 e. The number of halogens is 3. The lowest BCUT2D eigenvalue weighted by Crippen LogP contribution is -2.68. The summed E-state index contributed by atoms with van der Waals surface area (Å²) < 4.78 is 101. The number of nitrogens with zero attached hydrogens (tertiary/aromatic N) is 1. The van der Waals surface area contributed by atoms with Gasteiger partial charge in [0, 0.05) is 11.8 Å². The predicted octanol–water partition coefficient (Wildman–Crippen LogP) is 5.73. The van der Waals surface area contributed by atoms with Gasteiger partial charge in [0.25, 0.3) is 13.9 Å². The van der Waals surface area contributed by atoms with Gasteiger partial charge in [-0.3, -0.25) is 18.5 Å². The monoisotopic (exact) mass is 838 g/mol. The van der Waals surface area contributed by atoms with Crippen molar-refractivity contribution in [3.63, 3.8) is 0 Å². The van der Waals surface area contributed by atoms with Gasteiger partial charge in [0.15, 0.2) is 12.3 Å². The van der Waals surface area contributed by atoms with Gasteiger partial charge in [0.1, 0.15) is 11.7 Å². The highest BCUT2D eigenvalue weighted by Gasteiger charge is 2.63. The molecule has 0 spiro atoms. The first-order valence-electron chi connectivity index (χ1n) is 18.5. The highest BCUT2D eigenvalue weighted by molar-refractivity contribution is 7.87. The fraction of sp³-hybridized carbons (Fsp3) is 0.333. The second kappa shape index (κ2) is 17.3. The van der Waals surface area contributed by atoms with Gasteiger partial charge in [0.2, 0.25) is 0 Å². The van der Waals surface area contributed by atoms with E-state index in [0.29, 0.717) is 5.56 Å². The zero-order chi connectivity index (χ0) is 41.8. The Morgan fingerprint density at radius 3 is 1.78 bits per heavy atom. The third kappa shape index (κ3) is 8.98. The molecule has 16 heteroatoms. The second-order valence-corrected chi connectivity index (χ2v) is 21.0. The molecule has 0 saturated carbocycles. The van der Waals surface area contributed by atoms with Gasteiger partial charge in [0.05, 0.1) is 26.4 Å². The van der Waals surface area contributed by atoms with Gasteiger partial charge in [-0.1, -0.05) is 142 Å². The molecule has 4 aromatic carbocycles. The molecule has 0 bridgehead atoms. The van der Waals surface area contributed by atoms with E-state index in [-0.39, 0.29) is 18.8 Å². The number of rotatable bonds is 15. The Labute approximate surface area is 335 Å². The Morgan fingerprint density at radius 2 is 1.28 bits per heavy atom. The maximum absolute atomic E-state index is 14.2. The molecule has 5 aromatic rings. The largest absolute Gasteiger partial charge is 0.523 e. The third-order valence-corrected chi connectivity index (χ3v) is 16.1. The fourth-order valence-corrected chi connectivity index (χ4v) is 12.5. The van der Waals surface area contributed by atoms with Crippen molar-refractivity contribution < 1.29 is 44.4 Å². The highest BCUT2D eigenvalue weighted by atomic mass is 32.2. The van der Waals surface area contributed by atoms with Crippen LogP contribution in [0.4, 0.5) is 13.2 Å². The number of H-pyrrole nitrogens is 1. The Balaban J connectivity index is 1.57. The van der Waals surface area contributed by atoms with E-state index in [0.717, 1.165) is 26.7 Å². The number of ether oxygens (including phenoxy) is 3. The van der Waals surface area contributed by atoms with Crippen molar-refractivity contribution in [3.8, 4) is 0 Å². The van der Waals surface area contributed by atoms with Crippen LogP contribution in [-0.4, -0.2) is 62.8 Å². The van der Waals surface area contributed by atoms with Crippen LogP contribution in [0.25, 0.3) is 0 Å². The lowest BCUT2D eigenvalue weighted by Gasteiger charge is -2.45. The summed E-state index contributed by atoms with van der Waals surface area (Å²) in [5.74, 6) is 0. The van der Waals surface area contributed by atoms with E-state index in [1.807, 2.05) is 112 Å². The molecule has 1 aliphatic heterocycles. The van der Waals surface area contributed by atoms with Gasteiger partial charge in [-0.05, 0) is 33.5 Å². The molecule has 58 heavy (non-hydrogen) atoms. The van der Waals surface area contributed by atoms with Crippen LogP contribution in [0.15, 0.2) is 137 Å². The first-order valence-corrected chi connectivity index (χ1v) is 21.8. The average Bonchev–Trinajstić information content (AvgIpc) is 3.47. The molecule has 308 valence electrons. The van der Waals surface area contributed by atoms with Crippen LogP contribution in [0, 0.1) is 6.92 Å². The van der Waals surface area contributed by atoms with E-state index >= 15 is 0 Å². The minimum atomic E-state index is -6.36. The Morgan fingerprint density at radius 1 is 0.776 bits per heavy atom. The predicted molar refractivity (Wildman–Crippen MR) is 213 cm³/mol. The lowest BCUT2D eigenvalue weighted by molar-refractivity contribution is -0.173. The number of aryl methyl sites for hydroxylation is 1. The molecule has 1 fully saturated rings. The van der Waals surface area contributed by atoms with E-state index in [2.05, 4.69) is 4.98 Å². The second-order valence-electron chi connectivity index (χ2n) is 15.2. The maximum atomic E-state index is 14.2. The van der Waals surface area contributed by atoms with Crippen LogP contribution < -0.4 is 21.6 Å². The van der Waals surface area contributed by atoms with E-state index in [4.69, 9.17) is 22.8 Å². The number of aromatic amines is 1. The van der Waals surface area contributed by atoms with Gasteiger partial charge < -0.3 is 18.6 Å². The third-order valence-electron chi connectivity index (χ3n) is 10.1. The lowest BCUT2D eigenvalue weighted by atomic mass is 9.96. The van der Waals surface area contributed by atoms with Crippen molar-refractivity contribution in [2.75, 3.05) is 13.2 Å². The molecule has 0 radical (unpaired) electrons. The van der Waals surface area contributed by atoms with Crippen LogP contribution >= 0.6 is 0 Å². The first kappa shape index (κ1) is 42.9. The van der Waals surface area contributed by atoms with Crippen LogP contribution in [0.1, 0.15) is 43.7 Å². The standard InChI is InChI=1S/C42H45F3N2O9SSi/c1-30-25-47(39(49)46-37(30)48)38-35(56-57(50,51)42(43,44)45)36(53-27-32-19-11-6-12-20-32)41(55-38,28-52-26-31-17-9-5-10-18-31)29-54-58(40(2,3)4,33-21-13-7-14-22-33)34-23-15-8-16-24-34/h5-25,35-36,38H,26-29H2,1-4H3,(H,46,48,49)/t35-,36-,38+,41-/m0/s1. The average molecular weight is 839 g/mol. The van der Waals surface area contributed by atoms with E-state index in [1.165, 1.54) is 6.92 Å². The topological polar surface area (TPSA) is 135 Å². The van der Waals surface area contributed by atoms with Crippen molar-refractivity contribution in [2.45, 2.75) is 75.5 Å². The minimum Gasteiger partial charge on any atom is -0.404 e. The van der Waals surface area contributed by atoms with Crippen molar-refractivity contribution in [1.29, 1.82) is 0 Å². The van der Waals surface area contributed by atoms with Gasteiger partial charge in [-0.15, -0.1) is 0 Å². The SMILES string of the molecule is Cc1cn([C@@H]2O[C@@](COCc3ccccc3)(CO[Si](c3ccccc3)(c3ccccc3)C(C)(C)C)[C@@H](OCc3ccccc3)[C@@H]2OS(=O)(=O)C(F)(F)F)c(=O)[nH]c1=O. The number of alkyl halides is 3. The normalized spacial score (nSPS) is 20.3. The number of benzene rings is 4. The zero-order valence-electron chi connectivity index (χ0n) is 32.3. The molecule has 11 nitrogen and oxygen atoms in total. The van der Waals surface area contributed by atoms with Gasteiger partial charge in [-0.2, -0.15) is 21.6 Å². The summed E-state index contributed by atoms with van der Waals surface area (Å²) in [6.45, 7) is 6.36. The summed E-state index contributed by atoms with van der Waals surface area (Å²) in [5, 5.41) is 1.14. The Bertz CT molecular complexity index is 2320. The van der Waals surface area contributed by atoms with Crippen LogP contribution in [-0.2, 0) is 46.2 Å². The molecule has 1 aromatic heterocycles. The highest BCUT2D eigenvalue weighted by Crippen LogP contribution is 2.45. The van der Waals surface area contributed by atoms with Crippen molar-refractivity contribution in [2.24, 2.45) is 0 Å². The summed E-state index contributed by atoms with van der Waals surface area (Å²) in [5.41, 5.74) is -8.35. The number of hydrogen-bond donors (Lipinski definition) is 1. The van der Waals surface area contributed by atoms with E-state index < -0.39 is 77.5 Å². The summed E-state index contributed by atoms with van der Waals surface area (Å²) in [4.78, 5) is 28.1. The van der Waals surface area contributed by atoms with Crippen LogP contribution in [0.2, 0.25) is 5.04 Å². The van der Waals surface area contributed by atoms with Crippen LogP contribution in [0.3, 0.4) is 0 Å². The quantitative estimate of drug-likeness (QED) is 0.0798. The summed E-state index contributed by atoms with van der Waals surface area (Å²) in [7, 11) is -9.81. The number of aromatic nitrogens is 2. The Hall–Kier alpha value is -4.68. The molecule has 1 aliphatic rings.